The highest BCUT2D eigenvalue weighted by molar-refractivity contribution is 5.70. The monoisotopic (exact) mass is 344 g/mol. The molecule has 0 aromatic carbocycles. The van der Waals surface area contributed by atoms with Crippen molar-refractivity contribution in [2.24, 2.45) is 0 Å². The first kappa shape index (κ1) is 19.7. The molecule has 0 aromatic heterocycles. The molecule has 0 saturated carbocycles. The molecule has 1 rings (SSSR count). The lowest BCUT2D eigenvalue weighted by molar-refractivity contribution is -0.139. The molecule has 4 N–H and O–H groups in total. The molecule has 10 heteroatoms. The zero-order chi connectivity index (χ0) is 17.9. The maximum absolute atomic E-state index is 11.0. The maximum atomic E-state index is 11.0. The number of nitrogens with one attached hydrogen (secondary N) is 1. The minimum atomic E-state index is -1.01. The van der Waals surface area contributed by atoms with E-state index in [-0.39, 0.29) is 19.6 Å². The summed E-state index contributed by atoms with van der Waals surface area (Å²) in [5, 5.41) is 30.0. The second-order valence-corrected chi connectivity index (χ2v) is 5.45. The summed E-state index contributed by atoms with van der Waals surface area (Å²) in [6, 6.07) is 0. The van der Waals surface area contributed by atoms with Gasteiger partial charge in [0.1, 0.15) is 13.1 Å². The average Bonchev–Trinajstić information content (AvgIpc) is 2.45. The highest BCUT2D eigenvalue weighted by atomic mass is 16.4. The van der Waals surface area contributed by atoms with Crippen LogP contribution in [0.4, 0.5) is 0 Å². The Kier molecular flexibility index (Phi) is 8.58. The fourth-order valence-corrected chi connectivity index (χ4v) is 2.26. The summed E-state index contributed by atoms with van der Waals surface area (Å²) in [5.74, 6) is -2.91. The third-order valence-electron chi connectivity index (χ3n) is 3.41. The number of carboxylic acids is 3. The van der Waals surface area contributed by atoms with Crippen molar-refractivity contribution in [3.05, 3.63) is 12.4 Å². The third kappa shape index (κ3) is 8.96. The highest BCUT2D eigenvalue weighted by Gasteiger charge is 2.14. The molecule has 1 heterocycles. The number of aliphatic carboxylic acids is 3. The summed E-state index contributed by atoms with van der Waals surface area (Å²) >= 11 is 0. The molecule has 0 aromatic rings. The van der Waals surface area contributed by atoms with Crippen molar-refractivity contribution in [1.82, 2.24) is 20.0 Å². The van der Waals surface area contributed by atoms with Crippen LogP contribution in [0.2, 0.25) is 0 Å². The van der Waals surface area contributed by atoms with E-state index in [1.54, 1.807) is 16.0 Å². The van der Waals surface area contributed by atoms with Gasteiger partial charge in [0.05, 0.1) is 6.54 Å². The van der Waals surface area contributed by atoms with Crippen LogP contribution in [0.15, 0.2) is 12.4 Å². The van der Waals surface area contributed by atoms with Gasteiger partial charge in [0.15, 0.2) is 0 Å². The van der Waals surface area contributed by atoms with Crippen LogP contribution in [-0.2, 0) is 14.4 Å². The molecule has 1 aliphatic heterocycles. The van der Waals surface area contributed by atoms with Gasteiger partial charge in [-0.1, -0.05) is 0 Å². The molecule has 0 fully saturated rings. The van der Waals surface area contributed by atoms with Gasteiger partial charge in [-0.2, -0.15) is 0 Å². The third-order valence-corrected chi connectivity index (χ3v) is 3.41. The first-order chi connectivity index (χ1) is 11.4. The fourth-order valence-electron chi connectivity index (χ4n) is 2.26. The summed E-state index contributed by atoms with van der Waals surface area (Å²) in [4.78, 5) is 37.6. The van der Waals surface area contributed by atoms with E-state index in [1.807, 2.05) is 0 Å². The minimum Gasteiger partial charge on any atom is -0.480 e. The predicted molar refractivity (Wildman–Crippen MR) is 84.5 cm³/mol. The number of hydrogen-bond acceptors (Lipinski definition) is 7. The molecule has 1 aliphatic rings. The highest BCUT2D eigenvalue weighted by Crippen LogP contribution is 1.98. The lowest BCUT2D eigenvalue weighted by atomic mass is 10.3. The molecule has 24 heavy (non-hydrogen) atoms. The van der Waals surface area contributed by atoms with Crippen LogP contribution in [0.1, 0.15) is 0 Å². The lowest BCUT2D eigenvalue weighted by Crippen LogP contribution is -2.43. The van der Waals surface area contributed by atoms with E-state index in [9.17, 15) is 14.4 Å². The van der Waals surface area contributed by atoms with Crippen LogP contribution in [0, 0.1) is 0 Å². The van der Waals surface area contributed by atoms with Crippen molar-refractivity contribution >= 4 is 17.9 Å². The first-order valence-electron chi connectivity index (χ1n) is 7.61. The second kappa shape index (κ2) is 10.4. The van der Waals surface area contributed by atoms with E-state index < -0.39 is 17.9 Å². The van der Waals surface area contributed by atoms with Gasteiger partial charge < -0.3 is 30.4 Å². The molecular formula is C14H24N4O6. The molecule has 0 radical (unpaired) electrons. The van der Waals surface area contributed by atoms with Crippen molar-refractivity contribution in [3.63, 3.8) is 0 Å². The molecule has 0 bridgehead atoms. The number of rotatable bonds is 6. The molecule has 10 nitrogen and oxygen atoms in total. The van der Waals surface area contributed by atoms with E-state index >= 15 is 0 Å². The van der Waals surface area contributed by atoms with Gasteiger partial charge in [0.2, 0.25) is 0 Å². The molecule has 0 spiro atoms. The smallest absolute Gasteiger partial charge is 0.323 e. The molecule has 136 valence electrons. The Morgan fingerprint density at radius 2 is 1.25 bits per heavy atom. The normalized spacial score (nSPS) is 19.2. The van der Waals surface area contributed by atoms with Gasteiger partial charge >= 0.3 is 17.9 Å². The molecule has 0 aliphatic carbocycles. The number of carboxylic acid groups (broad SMARTS) is 3. The van der Waals surface area contributed by atoms with Crippen molar-refractivity contribution in [2.75, 3.05) is 58.9 Å². The quantitative estimate of drug-likeness (QED) is 0.438. The Hall–Kier alpha value is -2.33. The van der Waals surface area contributed by atoms with E-state index in [0.29, 0.717) is 39.3 Å². The zero-order valence-corrected chi connectivity index (χ0v) is 13.4. The van der Waals surface area contributed by atoms with Crippen molar-refractivity contribution in [3.8, 4) is 0 Å². The van der Waals surface area contributed by atoms with Crippen LogP contribution in [0.5, 0.6) is 0 Å². The molecule has 0 atom stereocenters. The summed E-state index contributed by atoms with van der Waals surface area (Å²) in [5.41, 5.74) is 0. The van der Waals surface area contributed by atoms with Crippen LogP contribution in [0.3, 0.4) is 0 Å². The Bertz CT molecular complexity index is 470. The van der Waals surface area contributed by atoms with Crippen LogP contribution in [0.25, 0.3) is 0 Å². The van der Waals surface area contributed by atoms with E-state index in [0.717, 1.165) is 0 Å². The summed E-state index contributed by atoms with van der Waals surface area (Å²) in [6.45, 7) is 2.26. The van der Waals surface area contributed by atoms with E-state index in [1.165, 1.54) is 11.1 Å². The van der Waals surface area contributed by atoms with E-state index in [4.69, 9.17) is 15.3 Å². The number of hydrogen-bond donors (Lipinski definition) is 4. The average molecular weight is 344 g/mol. The summed E-state index contributed by atoms with van der Waals surface area (Å²) < 4.78 is 0. The van der Waals surface area contributed by atoms with Gasteiger partial charge in [0.25, 0.3) is 0 Å². The standard InChI is InChI=1S/C14H24N4O6/c19-12(20)9-16-3-1-15-2-4-17(10-13(21)22)6-8-18(7-5-16)11-14(23)24/h5,7,15H,1-4,6,8-11H2,(H,19,20)(H,21,22)(H,23,24)/b7-5+. The van der Waals surface area contributed by atoms with Gasteiger partial charge in [0, 0.05) is 51.7 Å². The number of nitrogens with zero attached hydrogens (tertiary/aromatic N) is 3. The van der Waals surface area contributed by atoms with Gasteiger partial charge in [-0.05, 0) is 0 Å². The minimum absolute atomic E-state index is 0.114. The Morgan fingerprint density at radius 1 is 0.750 bits per heavy atom. The fraction of sp³-hybridized carbons (Fsp3) is 0.643. The molecule has 0 saturated heterocycles. The number of carbonyl (C=O) groups is 3. The summed E-state index contributed by atoms with van der Waals surface area (Å²) in [7, 11) is 0. The Balaban J connectivity index is 2.79. The van der Waals surface area contributed by atoms with Gasteiger partial charge in [-0.15, -0.1) is 0 Å². The molecular weight excluding hydrogens is 320 g/mol. The van der Waals surface area contributed by atoms with Crippen LogP contribution >= 0.6 is 0 Å². The largest absolute Gasteiger partial charge is 0.480 e. The predicted octanol–water partition coefficient (Wildman–Crippen LogP) is -1.78. The van der Waals surface area contributed by atoms with Crippen molar-refractivity contribution in [1.29, 1.82) is 0 Å². The van der Waals surface area contributed by atoms with Gasteiger partial charge in [-0.3, -0.25) is 19.3 Å². The Labute approximate surface area is 139 Å². The van der Waals surface area contributed by atoms with Crippen molar-refractivity contribution < 1.29 is 29.7 Å². The van der Waals surface area contributed by atoms with Crippen LogP contribution < -0.4 is 5.32 Å². The van der Waals surface area contributed by atoms with E-state index in [2.05, 4.69) is 5.32 Å². The molecule has 0 amide bonds. The first-order valence-corrected chi connectivity index (χ1v) is 7.61. The van der Waals surface area contributed by atoms with Crippen molar-refractivity contribution in [2.45, 2.75) is 0 Å². The topological polar surface area (TPSA) is 134 Å². The Morgan fingerprint density at radius 3 is 1.79 bits per heavy atom. The second-order valence-electron chi connectivity index (χ2n) is 5.45. The van der Waals surface area contributed by atoms with Crippen LogP contribution in [-0.4, -0.2) is 107 Å². The summed E-state index contributed by atoms with van der Waals surface area (Å²) in [6.07, 6.45) is 3.10. The zero-order valence-electron chi connectivity index (χ0n) is 13.4. The maximum Gasteiger partial charge on any atom is 0.323 e. The lowest BCUT2D eigenvalue weighted by Gasteiger charge is -2.27. The van der Waals surface area contributed by atoms with Gasteiger partial charge in [-0.25, -0.2) is 0 Å². The SMILES string of the molecule is O=C(O)CN1/C=C/N(CC(=O)O)CCN(CC(=O)O)CCNCC1. The molecule has 0 unspecified atom stereocenters.